The van der Waals surface area contributed by atoms with Crippen molar-refractivity contribution in [2.75, 3.05) is 44.6 Å². The molecule has 0 atom stereocenters. The summed E-state index contributed by atoms with van der Waals surface area (Å²) in [6.45, 7) is 4.93. The molecule has 1 heterocycles. The lowest BCUT2D eigenvalue weighted by atomic mass is 10.3. The number of urea groups is 1. The monoisotopic (exact) mass is 324 g/mol. The Labute approximate surface area is 135 Å². The predicted octanol–water partition coefficient (Wildman–Crippen LogP) is 1.63. The minimum Gasteiger partial charge on any atom is -0.375 e. The topological polar surface area (TPSA) is 64.7 Å². The highest BCUT2D eigenvalue weighted by Crippen LogP contribution is 2.20. The van der Waals surface area contributed by atoms with Crippen molar-refractivity contribution in [1.29, 1.82) is 0 Å². The number of hydrogen-bond acceptors (Lipinski definition) is 3. The molecule has 2 N–H and O–H groups in total. The van der Waals surface area contributed by atoms with Crippen LogP contribution < -0.4 is 10.6 Å². The van der Waals surface area contributed by atoms with Crippen LogP contribution >= 0.6 is 11.6 Å². The van der Waals surface area contributed by atoms with Gasteiger partial charge in [-0.05, 0) is 19.1 Å². The molecule has 0 aliphatic carbocycles. The van der Waals surface area contributed by atoms with Crippen LogP contribution in [0, 0.1) is 0 Å². The van der Waals surface area contributed by atoms with Crippen LogP contribution in [-0.4, -0.2) is 61.0 Å². The second kappa shape index (κ2) is 7.89. The second-order valence-corrected chi connectivity index (χ2v) is 5.44. The Hall–Kier alpha value is -1.95. The van der Waals surface area contributed by atoms with Gasteiger partial charge in [-0.1, -0.05) is 23.7 Å². The van der Waals surface area contributed by atoms with Gasteiger partial charge < -0.3 is 20.4 Å². The summed E-state index contributed by atoms with van der Waals surface area (Å²) in [5.41, 5.74) is 0.749. The van der Waals surface area contributed by atoms with Crippen molar-refractivity contribution in [3.63, 3.8) is 0 Å². The molecule has 120 valence electrons. The average molecular weight is 325 g/mol. The molecule has 1 saturated heterocycles. The summed E-state index contributed by atoms with van der Waals surface area (Å²) in [5.74, 6) is 0.00969. The zero-order chi connectivity index (χ0) is 15.9. The zero-order valence-electron chi connectivity index (χ0n) is 12.6. The first-order valence-electron chi connectivity index (χ1n) is 7.40. The van der Waals surface area contributed by atoms with Gasteiger partial charge in [-0.15, -0.1) is 0 Å². The van der Waals surface area contributed by atoms with E-state index in [1.807, 2.05) is 25.1 Å². The maximum Gasteiger partial charge on any atom is 0.317 e. The van der Waals surface area contributed by atoms with Crippen molar-refractivity contribution in [2.24, 2.45) is 0 Å². The third-order valence-corrected chi connectivity index (χ3v) is 3.88. The van der Waals surface area contributed by atoms with Gasteiger partial charge in [0.05, 0.1) is 17.3 Å². The number of para-hydroxylation sites is 1. The summed E-state index contributed by atoms with van der Waals surface area (Å²) in [7, 11) is 0. The number of rotatable bonds is 4. The number of hydrogen-bond donors (Lipinski definition) is 2. The maximum atomic E-state index is 12.2. The second-order valence-electron chi connectivity index (χ2n) is 5.04. The van der Waals surface area contributed by atoms with Gasteiger partial charge in [0.15, 0.2) is 0 Å². The lowest BCUT2D eigenvalue weighted by Crippen LogP contribution is -2.54. The van der Waals surface area contributed by atoms with Crippen LogP contribution in [0.2, 0.25) is 5.02 Å². The normalized spacial score (nSPS) is 14.6. The minimum atomic E-state index is -0.0659. The van der Waals surface area contributed by atoms with Crippen LogP contribution in [0.3, 0.4) is 0 Å². The van der Waals surface area contributed by atoms with Crippen molar-refractivity contribution in [2.45, 2.75) is 6.92 Å². The first kappa shape index (κ1) is 16.4. The van der Waals surface area contributed by atoms with E-state index in [2.05, 4.69) is 10.6 Å². The van der Waals surface area contributed by atoms with Crippen LogP contribution in [0.4, 0.5) is 10.5 Å². The molecular formula is C15H21ClN4O2. The molecule has 0 aromatic heterocycles. The van der Waals surface area contributed by atoms with E-state index < -0.39 is 0 Å². The molecule has 22 heavy (non-hydrogen) atoms. The number of piperazine rings is 1. The molecule has 1 aromatic rings. The Morgan fingerprint density at radius 3 is 2.41 bits per heavy atom. The van der Waals surface area contributed by atoms with Gasteiger partial charge in [0, 0.05) is 32.7 Å². The van der Waals surface area contributed by atoms with Gasteiger partial charge >= 0.3 is 6.03 Å². The van der Waals surface area contributed by atoms with E-state index in [1.165, 1.54) is 0 Å². The fourth-order valence-corrected chi connectivity index (χ4v) is 2.51. The van der Waals surface area contributed by atoms with Crippen LogP contribution in [0.1, 0.15) is 6.92 Å². The summed E-state index contributed by atoms with van der Waals surface area (Å²) in [6, 6.07) is 7.26. The molecule has 1 aromatic carbocycles. The van der Waals surface area contributed by atoms with Gasteiger partial charge in [-0.25, -0.2) is 4.79 Å². The number of benzene rings is 1. The third-order valence-electron chi connectivity index (χ3n) is 3.55. The van der Waals surface area contributed by atoms with E-state index in [0.29, 0.717) is 37.7 Å². The molecule has 0 spiro atoms. The molecule has 0 unspecified atom stereocenters. The van der Waals surface area contributed by atoms with E-state index in [9.17, 15) is 9.59 Å². The first-order chi connectivity index (χ1) is 10.6. The van der Waals surface area contributed by atoms with Gasteiger partial charge in [-0.2, -0.15) is 0 Å². The maximum absolute atomic E-state index is 12.2. The number of amides is 3. The first-order valence-corrected chi connectivity index (χ1v) is 7.78. The standard InChI is InChI=1S/C15H21ClN4O2/c1-2-17-15(22)20-9-7-19(8-10-20)14(21)11-18-13-6-4-3-5-12(13)16/h3-6,18H,2,7-11H2,1H3,(H,17,22). The summed E-state index contributed by atoms with van der Waals surface area (Å²) in [5, 5.41) is 6.41. The number of carbonyl (C=O) groups is 2. The van der Waals surface area contributed by atoms with E-state index in [-0.39, 0.29) is 18.5 Å². The lowest BCUT2D eigenvalue weighted by molar-refractivity contribution is -0.130. The fourth-order valence-electron chi connectivity index (χ4n) is 2.31. The highest BCUT2D eigenvalue weighted by atomic mass is 35.5. The molecule has 0 radical (unpaired) electrons. The smallest absolute Gasteiger partial charge is 0.317 e. The van der Waals surface area contributed by atoms with Crippen LogP contribution in [-0.2, 0) is 4.79 Å². The summed E-state index contributed by atoms with van der Waals surface area (Å²) < 4.78 is 0. The Bertz CT molecular complexity index is 530. The van der Waals surface area contributed by atoms with Crippen molar-refractivity contribution >= 4 is 29.2 Å². The van der Waals surface area contributed by atoms with Crippen LogP contribution in [0.25, 0.3) is 0 Å². The number of anilines is 1. The van der Waals surface area contributed by atoms with Crippen LogP contribution in [0.15, 0.2) is 24.3 Å². The Kier molecular flexibility index (Phi) is 5.89. The van der Waals surface area contributed by atoms with Crippen molar-refractivity contribution in [1.82, 2.24) is 15.1 Å². The van der Waals surface area contributed by atoms with Gasteiger partial charge in [-0.3, -0.25) is 4.79 Å². The highest BCUT2D eigenvalue weighted by molar-refractivity contribution is 6.33. The number of carbonyl (C=O) groups excluding carboxylic acids is 2. The quantitative estimate of drug-likeness (QED) is 0.884. The molecule has 0 saturated carbocycles. The molecule has 1 aliphatic heterocycles. The van der Waals surface area contributed by atoms with E-state index in [1.54, 1.807) is 15.9 Å². The molecule has 6 nitrogen and oxygen atoms in total. The third kappa shape index (κ3) is 4.27. The largest absolute Gasteiger partial charge is 0.375 e. The zero-order valence-corrected chi connectivity index (χ0v) is 13.4. The van der Waals surface area contributed by atoms with E-state index in [4.69, 9.17) is 11.6 Å². The van der Waals surface area contributed by atoms with Gasteiger partial charge in [0.1, 0.15) is 0 Å². The summed E-state index contributed by atoms with van der Waals surface area (Å²) >= 11 is 6.04. The molecule has 1 fully saturated rings. The number of nitrogens with zero attached hydrogens (tertiary/aromatic N) is 2. The average Bonchev–Trinajstić information content (AvgIpc) is 2.54. The highest BCUT2D eigenvalue weighted by Gasteiger charge is 2.23. The fraction of sp³-hybridized carbons (Fsp3) is 0.467. The Balaban J connectivity index is 1.78. The lowest BCUT2D eigenvalue weighted by Gasteiger charge is -2.34. The molecule has 2 rings (SSSR count). The van der Waals surface area contributed by atoms with Crippen LogP contribution in [0.5, 0.6) is 0 Å². The van der Waals surface area contributed by atoms with Crippen molar-refractivity contribution in [3.05, 3.63) is 29.3 Å². The predicted molar refractivity (Wildman–Crippen MR) is 87.2 cm³/mol. The molecule has 0 bridgehead atoms. The molecular weight excluding hydrogens is 304 g/mol. The molecule has 7 heteroatoms. The van der Waals surface area contributed by atoms with Gasteiger partial charge in [0.2, 0.25) is 5.91 Å². The van der Waals surface area contributed by atoms with Crippen molar-refractivity contribution in [3.8, 4) is 0 Å². The molecule has 3 amide bonds. The SMILES string of the molecule is CCNC(=O)N1CCN(C(=O)CNc2ccccc2Cl)CC1. The molecule has 1 aliphatic rings. The number of halogens is 1. The van der Waals surface area contributed by atoms with Crippen molar-refractivity contribution < 1.29 is 9.59 Å². The number of nitrogens with one attached hydrogen (secondary N) is 2. The van der Waals surface area contributed by atoms with Gasteiger partial charge in [0.25, 0.3) is 0 Å². The minimum absolute atomic E-state index is 0.00969. The summed E-state index contributed by atoms with van der Waals surface area (Å²) in [6.07, 6.45) is 0. The Morgan fingerprint density at radius 1 is 1.14 bits per heavy atom. The Morgan fingerprint density at radius 2 is 1.77 bits per heavy atom. The van der Waals surface area contributed by atoms with E-state index >= 15 is 0 Å². The van der Waals surface area contributed by atoms with E-state index in [0.717, 1.165) is 5.69 Å². The summed E-state index contributed by atoms with van der Waals surface area (Å²) in [4.78, 5) is 27.4.